The fourth-order valence-corrected chi connectivity index (χ4v) is 4.01. The number of benzene rings is 1. The maximum atomic E-state index is 13.7. The van der Waals surface area contributed by atoms with Crippen LogP contribution >= 0.6 is 0 Å². The highest BCUT2D eigenvalue weighted by Gasteiger charge is 2.61. The number of Topliss-reactive ketones (excluding diaryl/α,β-unsaturated/α-hetero) is 1. The zero-order chi connectivity index (χ0) is 21.8. The molecule has 8 heteroatoms. The third-order valence-corrected chi connectivity index (χ3v) is 5.51. The van der Waals surface area contributed by atoms with E-state index in [0.29, 0.717) is 25.8 Å². The van der Waals surface area contributed by atoms with Crippen LogP contribution in [0.4, 0.5) is 0 Å². The van der Waals surface area contributed by atoms with Gasteiger partial charge in [0.25, 0.3) is 5.91 Å². The van der Waals surface area contributed by atoms with Crippen LogP contribution in [0, 0.1) is 5.92 Å². The van der Waals surface area contributed by atoms with Crippen LogP contribution in [-0.4, -0.2) is 61.1 Å². The number of nitrogens with zero attached hydrogens (tertiary/aromatic N) is 1. The minimum Gasteiger partial charge on any atom is -0.353 e. The molecule has 2 rings (SSSR count). The lowest BCUT2D eigenvalue weighted by molar-refractivity contribution is -0.185. The topological polar surface area (TPSA) is 125 Å². The quantitative estimate of drug-likeness (QED) is 0.469. The van der Waals surface area contributed by atoms with E-state index in [1.54, 1.807) is 32.0 Å². The van der Waals surface area contributed by atoms with Crippen LogP contribution in [0.5, 0.6) is 0 Å². The molecule has 0 bridgehead atoms. The molecule has 29 heavy (non-hydrogen) atoms. The number of amides is 2. The standard InChI is InChI=1S/C21H31N3O5/c1-13(2)21(20(28-3)29-4)17(25)14-9-5-6-10-15(14)18(26)24(21)19(27)16(23)11-7-8-12-22/h5-6,9-10,13,16,20H,7-8,11-12,22-23H2,1-4H3/t16-,21+/m0/s1. The Morgan fingerprint density at radius 3 is 2.21 bits per heavy atom. The number of imide groups is 1. The van der Waals surface area contributed by atoms with Crippen molar-refractivity contribution >= 4 is 17.6 Å². The van der Waals surface area contributed by atoms with Gasteiger partial charge in [-0.05, 0) is 31.4 Å². The average Bonchev–Trinajstić information content (AvgIpc) is 2.71. The van der Waals surface area contributed by atoms with E-state index in [9.17, 15) is 14.4 Å². The number of carbonyl (C=O) groups excluding carboxylic acids is 3. The third-order valence-electron chi connectivity index (χ3n) is 5.51. The van der Waals surface area contributed by atoms with Gasteiger partial charge in [0.15, 0.2) is 17.6 Å². The average molecular weight is 405 g/mol. The molecule has 0 spiro atoms. The third kappa shape index (κ3) is 3.85. The van der Waals surface area contributed by atoms with Crippen LogP contribution in [0.1, 0.15) is 53.8 Å². The summed E-state index contributed by atoms with van der Waals surface area (Å²) >= 11 is 0. The monoisotopic (exact) mass is 405 g/mol. The minimum atomic E-state index is -1.67. The maximum absolute atomic E-state index is 13.7. The van der Waals surface area contributed by atoms with Gasteiger partial charge in [-0.3, -0.25) is 19.3 Å². The van der Waals surface area contributed by atoms with Crippen LogP contribution in [-0.2, 0) is 14.3 Å². The second-order valence-corrected chi connectivity index (χ2v) is 7.53. The number of unbranched alkanes of at least 4 members (excludes halogenated alkanes) is 1. The molecule has 0 aliphatic carbocycles. The van der Waals surface area contributed by atoms with E-state index >= 15 is 0 Å². The molecule has 1 heterocycles. The first-order valence-electron chi connectivity index (χ1n) is 9.82. The maximum Gasteiger partial charge on any atom is 0.262 e. The van der Waals surface area contributed by atoms with Crippen molar-refractivity contribution in [1.82, 2.24) is 4.90 Å². The van der Waals surface area contributed by atoms with Crippen molar-refractivity contribution in [1.29, 1.82) is 0 Å². The number of carbonyl (C=O) groups is 3. The SMILES string of the molecule is COC(OC)[C@@]1(C(C)C)C(=O)c2ccccc2C(=O)N1C(=O)[C@@H](N)CCCCN. The Morgan fingerprint density at radius 1 is 1.10 bits per heavy atom. The van der Waals surface area contributed by atoms with Gasteiger partial charge in [-0.25, -0.2) is 0 Å². The summed E-state index contributed by atoms with van der Waals surface area (Å²) in [6.07, 6.45) is 0.564. The smallest absolute Gasteiger partial charge is 0.262 e. The molecule has 160 valence electrons. The zero-order valence-corrected chi connectivity index (χ0v) is 17.5. The van der Waals surface area contributed by atoms with Crippen LogP contribution in [0.25, 0.3) is 0 Å². The summed E-state index contributed by atoms with van der Waals surface area (Å²) in [7, 11) is 2.75. The summed E-state index contributed by atoms with van der Waals surface area (Å²) in [5, 5.41) is 0. The van der Waals surface area contributed by atoms with Crippen LogP contribution in [0.3, 0.4) is 0 Å². The number of hydrogen-bond donors (Lipinski definition) is 2. The van der Waals surface area contributed by atoms with Gasteiger partial charge in [0.05, 0.1) is 11.6 Å². The molecule has 0 fully saturated rings. The van der Waals surface area contributed by atoms with Crippen molar-refractivity contribution in [3.63, 3.8) is 0 Å². The van der Waals surface area contributed by atoms with Gasteiger partial charge in [0.2, 0.25) is 5.91 Å². The van der Waals surface area contributed by atoms with Crippen molar-refractivity contribution in [3.05, 3.63) is 35.4 Å². The van der Waals surface area contributed by atoms with E-state index in [1.165, 1.54) is 20.3 Å². The van der Waals surface area contributed by atoms with E-state index < -0.39 is 41.4 Å². The van der Waals surface area contributed by atoms with Gasteiger partial charge in [-0.2, -0.15) is 0 Å². The first-order chi connectivity index (χ1) is 13.8. The minimum absolute atomic E-state index is 0.169. The molecule has 2 amide bonds. The van der Waals surface area contributed by atoms with Crippen molar-refractivity contribution in [2.75, 3.05) is 20.8 Å². The first-order valence-corrected chi connectivity index (χ1v) is 9.82. The van der Waals surface area contributed by atoms with E-state index in [4.69, 9.17) is 20.9 Å². The summed E-state index contributed by atoms with van der Waals surface area (Å²) in [5.41, 5.74) is 10.4. The largest absolute Gasteiger partial charge is 0.353 e. The van der Waals surface area contributed by atoms with Crippen molar-refractivity contribution < 1.29 is 23.9 Å². The fraction of sp³-hybridized carbons (Fsp3) is 0.571. The van der Waals surface area contributed by atoms with Gasteiger partial charge in [-0.1, -0.05) is 38.5 Å². The summed E-state index contributed by atoms with van der Waals surface area (Å²) in [6.45, 7) is 4.00. The Hall–Kier alpha value is -2.13. The number of nitrogens with two attached hydrogens (primary N) is 2. The number of methoxy groups -OCH3 is 2. The number of ether oxygens (including phenoxy) is 2. The lowest BCUT2D eigenvalue weighted by atomic mass is 9.72. The van der Waals surface area contributed by atoms with Gasteiger partial charge in [0.1, 0.15) is 0 Å². The number of ketones is 1. The molecule has 1 aliphatic rings. The summed E-state index contributed by atoms with van der Waals surface area (Å²) in [5.74, 6) is -2.09. The lowest BCUT2D eigenvalue weighted by Gasteiger charge is -2.50. The Kier molecular flexibility index (Phi) is 7.65. The number of hydrogen-bond acceptors (Lipinski definition) is 7. The molecule has 1 aromatic rings. The molecule has 0 saturated heterocycles. The van der Waals surface area contributed by atoms with Gasteiger partial charge >= 0.3 is 0 Å². The van der Waals surface area contributed by atoms with Crippen molar-refractivity contribution in [2.45, 2.75) is 51.0 Å². The molecule has 4 N–H and O–H groups in total. The van der Waals surface area contributed by atoms with Crippen LogP contribution in [0.15, 0.2) is 24.3 Å². The predicted octanol–water partition coefficient (Wildman–Crippen LogP) is 1.32. The summed E-state index contributed by atoms with van der Waals surface area (Å²) < 4.78 is 10.9. The van der Waals surface area contributed by atoms with Gasteiger partial charge in [-0.15, -0.1) is 0 Å². The second kappa shape index (κ2) is 9.58. The summed E-state index contributed by atoms with van der Waals surface area (Å²) in [4.78, 5) is 41.6. The Bertz CT molecular complexity index is 762. The van der Waals surface area contributed by atoms with Crippen molar-refractivity contribution in [2.24, 2.45) is 17.4 Å². The van der Waals surface area contributed by atoms with E-state index in [1.807, 2.05) is 0 Å². The first kappa shape index (κ1) is 23.2. The molecular weight excluding hydrogens is 374 g/mol. The van der Waals surface area contributed by atoms with E-state index in [2.05, 4.69) is 0 Å². The highest BCUT2D eigenvalue weighted by molar-refractivity contribution is 6.22. The van der Waals surface area contributed by atoms with Crippen molar-refractivity contribution in [3.8, 4) is 0 Å². The molecule has 1 aromatic carbocycles. The Balaban J connectivity index is 2.66. The lowest BCUT2D eigenvalue weighted by Crippen LogP contribution is -2.72. The van der Waals surface area contributed by atoms with E-state index in [-0.39, 0.29) is 11.1 Å². The number of rotatable bonds is 9. The molecule has 0 aromatic heterocycles. The molecular formula is C21H31N3O5. The Morgan fingerprint density at radius 2 is 1.69 bits per heavy atom. The van der Waals surface area contributed by atoms with Gasteiger partial charge in [0, 0.05) is 19.8 Å². The molecule has 0 radical (unpaired) electrons. The van der Waals surface area contributed by atoms with Crippen LogP contribution in [0.2, 0.25) is 0 Å². The normalized spacial score (nSPS) is 20.3. The van der Waals surface area contributed by atoms with Crippen LogP contribution < -0.4 is 11.5 Å². The molecule has 8 nitrogen and oxygen atoms in total. The molecule has 0 unspecified atom stereocenters. The molecule has 0 saturated carbocycles. The molecule has 1 aliphatic heterocycles. The zero-order valence-electron chi connectivity index (χ0n) is 17.5. The summed E-state index contributed by atoms with van der Waals surface area (Å²) in [6, 6.07) is 5.50. The second-order valence-electron chi connectivity index (χ2n) is 7.53. The van der Waals surface area contributed by atoms with E-state index in [0.717, 1.165) is 4.90 Å². The number of fused-ring (bicyclic) bond motifs is 1. The highest BCUT2D eigenvalue weighted by atomic mass is 16.7. The highest BCUT2D eigenvalue weighted by Crippen LogP contribution is 2.40. The predicted molar refractivity (Wildman–Crippen MR) is 108 cm³/mol. The molecule has 2 atom stereocenters. The van der Waals surface area contributed by atoms with Gasteiger partial charge < -0.3 is 20.9 Å². The fourth-order valence-electron chi connectivity index (χ4n) is 4.01. The Labute approximate surface area is 171 Å².